The van der Waals surface area contributed by atoms with Crippen molar-refractivity contribution in [3.63, 3.8) is 0 Å². The van der Waals surface area contributed by atoms with E-state index in [1.807, 2.05) is 24.3 Å². The average molecular weight is 482 g/mol. The maximum absolute atomic E-state index is 15.2. The number of fused-ring (bicyclic) bond motifs is 3. The fourth-order valence-electron chi connectivity index (χ4n) is 4.93. The Hall–Kier alpha value is -1.83. The van der Waals surface area contributed by atoms with E-state index in [1.165, 1.54) is 17.8 Å². The van der Waals surface area contributed by atoms with Gasteiger partial charge in [-0.05, 0) is 54.8 Å². The summed E-state index contributed by atoms with van der Waals surface area (Å²) in [5.41, 5.74) is 0.669. The molecule has 3 atom stereocenters. The standard InChI is InChI=1S/C24H26ClF2NO3S/c1-28-21(29)14-32-11-8-20-17-13-31-23-19(27)7-6-18(26)22(23)24(17,9-10-30-20)12-15-2-4-16(25)5-3-15/h2-7,17,20H,8-14H2,1H3,(H,28,29)/t17-,20-,24-/m0/s1. The molecule has 1 saturated heterocycles. The van der Waals surface area contributed by atoms with Gasteiger partial charge in [-0.15, -0.1) is 0 Å². The van der Waals surface area contributed by atoms with E-state index < -0.39 is 17.0 Å². The smallest absolute Gasteiger partial charge is 0.229 e. The molecule has 0 aliphatic carbocycles. The zero-order valence-corrected chi connectivity index (χ0v) is 19.4. The molecule has 172 valence electrons. The summed E-state index contributed by atoms with van der Waals surface area (Å²) in [4.78, 5) is 11.5. The van der Waals surface area contributed by atoms with Gasteiger partial charge >= 0.3 is 0 Å². The predicted molar refractivity (Wildman–Crippen MR) is 123 cm³/mol. The van der Waals surface area contributed by atoms with Crippen LogP contribution in [0.1, 0.15) is 24.0 Å². The lowest BCUT2D eigenvalue weighted by molar-refractivity contribution is -0.118. The lowest BCUT2D eigenvalue weighted by Gasteiger charge is -2.51. The van der Waals surface area contributed by atoms with E-state index in [4.69, 9.17) is 21.1 Å². The Morgan fingerprint density at radius 1 is 1.22 bits per heavy atom. The number of nitrogens with one attached hydrogen (secondary N) is 1. The van der Waals surface area contributed by atoms with Gasteiger partial charge in [0.1, 0.15) is 5.82 Å². The van der Waals surface area contributed by atoms with E-state index in [2.05, 4.69) is 5.32 Å². The summed E-state index contributed by atoms with van der Waals surface area (Å²) in [6.07, 6.45) is 1.63. The van der Waals surface area contributed by atoms with Crippen LogP contribution in [0.4, 0.5) is 8.78 Å². The third-order valence-corrected chi connectivity index (χ3v) is 7.74. The number of halogens is 3. The number of rotatable bonds is 7. The quantitative estimate of drug-likeness (QED) is 0.579. The van der Waals surface area contributed by atoms with Crippen molar-refractivity contribution in [2.45, 2.75) is 30.8 Å². The number of carbonyl (C=O) groups is 1. The number of carbonyl (C=O) groups excluding carboxylic acids is 1. The largest absolute Gasteiger partial charge is 0.490 e. The number of benzene rings is 2. The molecule has 2 aliphatic heterocycles. The summed E-state index contributed by atoms with van der Waals surface area (Å²) < 4.78 is 41.8. The maximum atomic E-state index is 15.2. The monoisotopic (exact) mass is 481 g/mol. The molecular formula is C24H26ClF2NO3S. The van der Waals surface area contributed by atoms with Gasteiger partial charge in [-0.2, -0.15) is 11.8 Å². The highest BCUT2D eigenvalue weighted by atomic mass is 35.5. The number of hydrogen-bond acceptors (Lipinski definition) is 4. The van der Waals surface area contributed by atoms with E-state index in [-0.39, 0.29) is 30.3 Å². The van der Waals surface area contributed by atoms with Crippen molar-refractivity contribution in [2.75, 3.05) is 31.8 Å². The number of ether oxygens (including phenoxy) is 2. The molecule has 2 aromatic carbocycles. The van der Waals surface area contributed by atoms with Crippen molar-refractivity contribution in [3.05, 3.63) is 64.2 Å². The van der Waals surface area contributed by atoms with Gasteiger partial charge in [0, 0.05) is 35.6 Å². The molecule has 2 aliphatic rings. The number of amides is 1. The van der Waals surface area contributed by atoms with Crippen LogP contribution >= 0.6 is 23.4 Å². The lowest BCUT2D eigenvalue weighted by Crippen LogP contribution is -2.55. The second kappa shape index (κ2) is 9.98. The normalized spacial score (nSPS) is 24.2. The molecule has 2 heterocycles. The van der Waals surface area contributed by atoms with E-state index in [0.29, 0.717) is 42.2 Å². The zero-order valence-electron chi connectivity index (χ0n) is 17.8. The first-order chi connectivity index (χ1) is 15.4. The summed E-state index contributed by atoms with van der Waals surface area (Å²) >= 11 is 7.60. The van der Waals surface area contributed by atoms with E-state index >= 15 is 4.39 Å². The molecule has 32 heavy (non-hydrogen) atoms. The second-order valence-electron chi connectivity index (χ2n) is 8.28. The predicted octanol–water partition coefficient (Wildman–Crippen LogP) is 4.77. The van der Waals surface area contributed by atoms with Gasteiger partial charge in [0.05, 0.1) is 18.5 Å². The van der Waals surface area contributed by atoms with Crippen LogP contribution in [-0.4, -0.2) is 43.8 Å². The van der Waals surface area contributed by atoms with Crippen LogP contribution in [0, 0.1) is 17.6 Å². The van der Waals surface area contributed by atoms with Gasteiger partial charge in [-0.25, -0.2) is 8.78 Å². The van der Waals surface area contributed by atoms with Gasteiger partial charge in [-0.1, -0.05) is 23.7 Å². The molecule has 8 heteroatoms. The Balaban J connectivity index is 1.66. The molecule has 1 N–H and O–H groups in total. The average Bonchev–Trinajstić information content (AvgIpc) is 2.80. The van der Waals surface area contributed by atoms with Crippen molar-refractivity contribution in [1.29, 1.82) is 0 Å². The van der Waals surface area contributed by atoms with Crippen LogP contribution in [0.15, 0.2) is 36.4 Å². The molecule has 4 nitrogen and oxygen atoms in total. The lowest BCUT2D eigenvalue weighted by atomic mass is 9.60. The minimum atomic E-state index is -0.651. The first kappa shape index (κ1) is 23.3. The summed E-state index contributed by atoms with van der Waals surface area (Å²) in [5, 5.41) is 3.24. The van der Waals surface area contributed by atoms with Crippen LogP contribution in [0.5, 0.6) is 5.75 Å². The SMILES string of the molecule is CNC(=O)CSCC[C@@H]1OCC[C@@]2(Cc3ccc(Cl)cc3)c3c(F)ccc(F)c3OC[C@@H]12. The Labute approximate surface area is 196 Å². The topological polar surface area (TPSA) is 47.6 Å². The second-order valence-corrected chi connectivity index (χ2v) is 9.83. The molecule has 1 fully saturated rings. The molecule has 0 saturated carbocycles. The van der Waals surface area contributed by atoms with Crippen LogP contribution in [0.2, 0.25) is 5.02 Å². The molecule has 0 radical (unpaired) electrons. The van der Waals surface area contributed by atoms with Crippen LogP contribution in [0.25, 0.3) is 0 Å². The molecule has 0 unspecified atom stereocenters. The maximum Gasteiger partial charge on any atom is 0.229 e. The Morgan fingerprint density at radius 3 is 2.72 bits per heavy atom. The fourth-order valence-corrected chi connectivity index (χ4v) is 5.93. The molecule has 0 spiro atoms. The Bertz CT molecular complexity index is 974. The number of hydrogen-bond donors (Lipinski definition) is 1. The third-order valence-electron chi connectivity index (χ3n) is 6.49. The molecule has 1 amide bonds. The van der Waals surface area contributed by atoms with Crippen molar-refractivity contribution in [1.82, 2.24) is 5.32 Å². The number of thioether (sulfide) groups is 1. The molecular weight excluding hydrogens is 456 g/mol. The van der Waals surface area contributed by atoms with Crippen molar-refractivity contribution < 1.29 is 23.0 Å². The van der Waals surface area contributed by atoms with Crippen LogP contribution in [0.3, 0.4) is 0 Å². The third kappa shape index (κ3) is 4.61. The Kier molecular flexibility index (Phi) is 7.27. The van der Waals surface area contributed by atoms with Gasteiger partial charge in [-0.3, -0.25) is 4.79 Å². The summed E-state index contributed by atoms with van der Waals surface area (Å²) in [6.45, 7) is 0.704. The first-order valence-corrected chi connectivity index (χ1v) is 12.2. The fraction of sp³-hybridized carbons (Fsp3) is 0.458. The first-order valence-electron chi connectivity index (χ1n) is 10.7. The highest BCUT2D eigenvalue weighted by molar-refractivity contribution is 7.99. The van der Waals surface area contributed by atoms with Gasteiger partial charge in [0.15, 0.2) is 11.6 Å². The van der Waals surface area contributed by atoms with Crippen molar-refractivity contribution in [2.24, 2.45) is 5.92 Å². The van der Waals surface area contributed by atoms with Crippen molar-refractivity contribution >= 4 is 29.3 Å². The van der Waals surface area contributed by atoms with E-state index in [9.17, 15) is 9.18 Å². The van der Waals surface area contributed by atoms with Crippen LogP contribution in [-0.2, 0) is 21.4 Å². The summed E-state index contributed by atoms with van der Waals surface area (Å²) in [5.74, 6) is -0.0351. The van der Waals surface area contributed by atoms with Gasteiger partial charge in [0.2, 0.25) is 5.91 Å². The van der Waals surface area contributed by atoms with E-state index in [0.717, 1.165) is 17.4 Å². The zero-order chi connectivity index (χ0) is 22.7. The van der Waals surface area contributed by atoms with E-state index in [1.54, 1.807) is 7.05 Å². The molecule has 0 aromatic heterocycles. The summed E-state index contributed by atoms with van der Waals surface area (Å²) in [6, 6.07) is 9.81. The molecule has 4 rings (SSSR count). The summed E-state index contributed by atoms with van der Waals surface area (Å²) in [7, 11) is 1.61. The molecule has 2 aromatic rings. The minimum Gasteiger partial charge on any atom is -0.490 e. The highest BCUT2D eigenvalue weighted by Gasteiger charge is 2.53. The van der Waals surface area contributed by atoms with Gasteiger partial charge < -0.3 is 14.8 Å². The highest BCUT2D eigenvalue weighted by Crippen LogP contribution is 2.52. The van der Waals surface area contributed by atoms with Gasteiger partial charge in [0.25, 0.3) is 0 Å². The Morgan fingerprint density at radius 2 is 1.97 bits per heavy atom. The van der Waals surface area contributed by atoms with Crippen molar-refractivity contribution in [3.8, 4) is 5.75 Å². The molecule has 0 bridgehead atoms. The van der Waals surface area contributed by atoms with Crippen LogP contribution < -0.4 is 10.1 Å². The minimum absolute atomic E-state index is 0.0184.